The van der Waals surface area contributed by atoms with Crippen molar-refractivity contribution >= 4 is 15.9 Å². The third-order valence-electron chi connectivity index (χ3n) is 5.53. The summed E-state index contributed by atoms with van der Waals surface area (Å²) >= 11 is 0. The van der Waals surface area contributed by atoms with Crippen molar-refractivity contribution in [2.75, 3.05) is 19.6 Å². The summed E-state index contributed by atoms with van der Waals surface area (Å²) in [6.07, 6.45) is 2.81. The van der Waals surface area contributed by atoms with Crippen LogP contribution in [-0.2, 0) is 10.0 Å². The van der Waals surface area contributed by atoms with Gasteiger partial charge in [0.1, 0.15) is 0 Å². The normalized spacial score (nSPS) is 30.0. The summed E-state index contributed by atoms with van der Waals surface area (Å²) in [6.45, 7) is 8.23. The number of nitrogens with one attached hydrogen (secondary N) is 2. The number of carbonyl (C=O) groups is 1. The zero-order chi connectivity index (χ0) is 19.6. The van der Waals surface area contributed by atoms with Crippen molar-refractivity contribution in [3.63, 3.8) is 0 Å². The molecule has 1 amide bonds. The summed E-state index contributed by atoms with van der Waals surface area (Å²) in [7, 11) is -3.58. The molecule has 0 bridgehead atoms. The van der Waals surface area contributed by atoms with Crippen molar-refractivity contribution in [1.29, 1.82) is 0 Å². The van der Waals surface area contributed by atoms with Crippen LogP contribution in [0.15, 0.2) is 29.2 Å². The lowest BCUT2D eigenvalue weighted by molar-refractivity contribution is 0.0925. The van der Waals surface area contributed by atoms with Gasteiger partial charge >= 0.3 is 0 Å². The number of piperidine rings is 2. The van der Waals surface area contributed by atoms with Gasteiger partial charge in [-0.2, -0.15) is 4.31 Å². The maximum absolute atomic E-state index is 13.1. The molecule has 1 aromatic carbocycles. The largest absolute Gasteiger partial charge is 0.349 e. The molecule has 0 aromatic heterocycles. The smallest absolute Gasteiger partial charge is 0.251 e. The van der Waals surface area contributed by atoms with E-state index in [9.17, 15) is 13.2 Å². The molecule has 4 unspecified atom stereocenters. The Labute approximate surface area is 162 Å². The standard InChI is InChI=1S/C20H31N3O3S/c1-14-9-15(2)13-23(12-14)27(25,26)19-6-4-5-17(11-19)20(24)22-18-7-8-21-16(3)10-18/h4-6,11,14-16,18,21H,7-10,12-13H2,1-3H3,(H,22,24). The van der Waals surface area contributed by atoms with Crippen LogP contribution in [0.1, 0.15) is 50.4 Å². The molecule has 3 rings (SSSR count). The van der Waals surface area contributed by atoms with Crippen molar-refractivity contribution in [3.05, 3.63) is 29.8 Å². The maximum Gasteiger partial charge on any atom is 0.251 e. The number of hydrogen-bond acceptors (Lipinski definition) is 4. The highest BCUT2D eigenvalue weighted by Gasteiger charge is 2.32. The first-order valence-corrected chi connectivity index (χ1v) is 11.3. The number of benzene rings is 1. The summed E-state index contributed by atoms with van der Waals surface area (Å²) in [5.41, 5.74) is 0.403. The van der Waals surface area contributed by atoms with Crippen molar-refractivity contribution in [1.82, 2.24) is 14.9 Å². The van der Waals surface area contributed by atoms with Crippen LogP contribution in [0.2, 0.25) is 0 Å². The Morgan fingerprint density at radius 1 is 1.15 bits per heavy atom. The highest BCUT2D eigenvalue weighted by molar-refractivity contribution is 7.89. The van der Waals surface area contributed by atoms with Gasteiger partial charge in [0.05, 0.1) is 4.90 Å². The van der Waals surface area contributed by atoms with Crippen LogP contribution in [0.5, 0.6) is 0 Å². The zero-order valence-corrected chi connectivity index (χ0v) is 17.3. The van der Waals surface area contributed by atoms with Crippen LogP contribution in [0, 0.1) is 11.8 Å². The molecule has 0 aliphatic carbocycles. The van der Waals surface area contributed by atoms with E-state index in [0.29, 0.717) is 36.5 Å². The second-order valence-electron chi connectivity index (χ2n) is 8.35. The Morgan fingerprint density at radius 3 is 2.52 bits per heavy atom. The van der Waals surface area contributed by atoms with E-state index in [2.05, 4.69) is 31.4 Å². The fourth-order valence-corrected chi connectivity index (χ4v) is 6.01. The van der Waals surface area contributed by atoms with Gasteiger partial charge in [-0.1, -0.05) is 19.9 Å². The monoisotopic (exact) mass is 393 g/mol. The van der Waals surface area contributed by atoms with E-state index in [0.717, 1.165) is 25.8 Å². The highest BCUT2D eigenvalue weighted by Crippen LogP contribution is 2.27. The number of carbonyl (C=O) groups excluding carboxylic acids is 1. The van der Waals surface area contributed by atoms with E-state index in [1.54, 1.807) is 22.5 Å². The molecule has 4 atom stereocenters. The third-order valence-corrected chi connectivity index (χ3v) is 7.36. The maximum atomic E-state index is 13.1. The first-order chi connectivity index (χ1) is 12.8. The van der Waals surface area contributed by atoms with Gasteiger partial charge < -0.3 is 10.6 Å². The summed E-state index contributed by atoms with van der Waals surface area (Å²) in [4.78, 5) is 12.8. The first-order valence-electron chi connectivity index (χ1n) is 9.90. The molecule has 2 N–H and O–H groups in total. The van der Waals surface area contributed by atoms with Gasteiger partial charge in [-0.05, 0) is 62.8 Å². The summed E-state index contributed by atoms with van der Waals surface area (Å²) < 4.78 is 27.7. The van der Waals surface area contributed by atoms with E-state index in [1.165, 1.54) is 6.07 Å². The second-order valence-corrected chi connectivity index (χ2v) is 10.3. The van der Waals surface area contributed by atoms with Crippen LogP contribution in [0.4, 0.5) is 0 Å². The van der Waals surface area contributed by atoms with Gasteiger partial charge in [0.2, 0.25) is 10.0 Å². The van der Waals surface area contributed by atoms with E-state index in [1.807, 2.05) is 0 Å². The van der Waals surface area contributed by atoms with E-state index >= 15 is 0 Å². The molecule has 1 aromatic rings. The average Bonchev–Trinajstić information content (AvgIpc) is 2.61. The minimum absolute atomic E-state index is 0.123. The number of rotatable bonds is 4. The molecule has 6 nitrogen and oxygen atoms in total. The second kappa shape index (κ2) is 8.29. The van der Waals surface area contributed by atoms with Gasteiger partial charge in [-0.15, -0.1) is 0 Å². The average molecular weight is 394 g/mol. The Balaban J connectivity index is 1.75. The van der Waals surface area contributed by atoms with Gasteiger partial charge in [0.15, 0.2) is 0 Å². The Hall–Kier alpha value is -1.44. The third kappa shape index (κ3) is 4.89. The van der Waals surface area contributed by atoms with Gasteiger partial charge in [0.25, 0.3) is 5.91 Å². The molecule has 150 valence electrons. The SMILES string of the molecule is CC1CC(C)CN(S(=O)(=O)c2cccc(C(=O)NC3CCNC(C)C3)c2)C1. The van der Waals surface area contributed by atoms with Gasteiger partial charge in [-0.25, -0.2) is 8.42 Å². The van der Waals surface area contributed by atoms with E-state index in [-0.39, 0.29) is 16.8 Å². The van der Waals surface area contributed by atoms with Crippen LogP contribution < -0.4 is 10.6 Å². The predicted octanol–water partition coefficient (Wildman–Crippen LogP) is 2.22. The Bertz CT molecular complexity index is 770. The molecule has 2 heterocycles. The predicted molar refractivity (Wildman–Crippen MR) is 106 cm³/mol. The van der Waals surface area contributed by atoms with Gasteiger partial charge in [0, 0.05) is 30.7 Å². The lowest BCUT2D eigenvalue weighted by Crippen LogP contribution is -2.46. The molecule has 0 spiro atoms. The first kappa shape index (κ1) is 20.3. The Morgan fingerprint density at radius 2 is 1.85 bits per heavy atom. The summed E-state index contributed by atoms with van der Waals surface area (Å²) in [5, 5.41) is 6.41. The van der Waals surface area contributed by atoms with Gasteiger partial charge in [-0.3, -0.25) is 4.79 Å². The summed E-state index contributed by atoms with van der Waals surface area (Å²) in [6, 6.07) is 6.93. The number of nitrogens with zero attached hydrogens (tertiary/aromatic N) is 1. The van der Waals surface area contributed by atoms with Crippen LogP contribution in [0.25, 0.3) is 0 Å². The fraction of sp³-hybridized carbons (Fsp3) is 0.650. The lowest BCUT2D eigenvalue weighted by Gasteiger charge is -2.34. The Kier molecular flexibility index (Phi) is 6.23. The summed E-state index contributed by atoms with van der Waals surface area (Å²) in [5.74, 6) is 0.486. The molecule has 2 aliphatic rings. The highest BCUT2D eigenvalue weighted by atomic mass is 32.2. The van der Waals surface area contributed by atoms with Crippen LogP contribution in [-0.4, -0.2) is 50.3 Å². The molecular weight excluding hydrogens is 362 g/mol. The minimum Gasteiger partial charge on any atom is -0.349 e. The lowest BCUT2D eigenvalue weighted by atomic mass is 9.94. The fourth-order valence-electron chi connectivity index (χ4n) is 4.28. The topological polar surface area (TPSA) is 78.5 Å². The minimum atomic E-state index is -3.58. The molecule has 2 aliphatic heterocycles. The number of sulfonamides is 1. The quantitative estimate of drug-likeness (QED) is 0.822. The molecule has 2 fully saturated rings. The van der Waals surface area contributed by atoms with E-state index in [4.69, 9.17) is 0 Å². The van der Waals surface area contributed by atoms with Crippen molar-refractivity contribution in [2.45, 2.75) is 57.0 Å². The molecule has 2 saturated heterocycles. The van der Waals surface area contributed by atoms with Crippen LogP contribution >= 0.6 is 0 Å². The van der Waals surface area contributed by atoms with Crippen molar-refractivity contribution < 1.29 is 13.2 Å². The molecular formula is C20H31N3O3S. The molecule has 0 saturated carbocycles. The number of hydrogen-bond donors (Lipinski definition) is 2. The molecule has 0 radical (unpaired) electrons. The van der Waals surface area contributed by atoms with E-state index < -0.39 is 10.0 Å². The zero-order valence-electron chi connectivity index (χ0n) is 16.4. The molecule has 7 heteroatoms. The van der Waals surface area contributed by atoms with Crippen molar-refractivity contribution in [3.8, 4) is 0 Å². The number of amides is 1. The van der Waals surface area contributed by atoms with Crippen molar-refractivity contribution in [2.24, 2.45) is 11.8 Å². The van der Waals surface area contributed by atoms with Crippen LogP contribution in [0.3, 0.4) is 0 Å². The molecule has 27 heavy (non-hydrogen) atoms.